The van der Waals surface area contributed by atoms with Crippen LogP contribution in [0.3, 0.4) is 0 Å². The minimum absolute atomic E-state index is 0.104. The van der Waals surface area contributed by atoms with Gasteiger partial charge in [0.15, 0.2) is 11.6 Å². The van der Waals surface area contributed by atoms with E-state index in [-0.39, 0.29) is 27.9 Å². The number of carboxylic acid groups (broad SMARTS) is 1. The Morgan fingerprint density at radius 3 is 2.37 bits per heavy atom. The van der Waals surface area contributed by atoms with Gasteiger partial charge >= 0.3 is 5.97 Å². The number of rotatable bonds is 7. The number of benzene rings is 3. The molecule has 0 spiro atoms. The summed E-state index contributed by atoms with van der Waals surface area (Å²) < 4.78 is 66.3. The van der Waals surface area contributed by atoms with Gasteiger partial charge in [0.2, 0.25) is 5.36 Å². The number of ether oxygens (including phenoxy) is 2. The smallest absolute Gasteiger partial charge is 0.339 e. The van der Waals surface area contributed by atoms with Gasteiger partial charge in [-0.3, -0.25) is 0 Å². The molecule has 0 bridgehead atoms. The molecular weight excluding hydrogens is 565 g/mol. The molecule has 0 radical (unpaired) electrons. The molecule has 0 amide bonds. The van der Waals surface area contributed by atoms with Gasteiger partial charge in [-0.05, 0) is 24.6 Å². The highest BCUT2D eigenvalue weighted by Crippen LogP contribution is 2.46. The highest BCUT2D eigenvalue weighted by Gasteiger charge is 2.45. The van der Waals surface area contributed by atoms with Gasteiger partial charge in [0.1, 0.15) is 54.7 Å². The van der Waals surface area contributed by atoms with Gasteiger partial charge in [0.25, 0.3) is 5.60 Å². The van der Waals surface area contributed by atoms with Crippen LogP contribution in [0.1, 0.15) is 28.8 Å². The van der Waals surface area contributed by atoms with E-state index in [1.807, 2.05) is 0 Å². The van der Waals surface area contributed by atoms with Gasteiger partial charge in [-0.1, -0.05) is 0 Å². The third-order valence-corrected chi connectivity index (χ3v) is 7.98. The number of fused-ring (bicyclic) bond motifs is 2. The largest absolute Gasteiger partial charge is 0.478 e. The number of nitrogens with zero attached hydrogens (tertiary/aromatic N) is 4. The third kappa shape index (κ3) is 4.38. The number of hydrogen-bond acceptors (Lipinski definition) is 7. The Morgan fingerprint density at radius 1 is 1.05 bits per heavy atom. The van der Waals surface area contributed by atoms with Crippen LogP contribution >= 0.6 is 0 Å². The van der Waals surface area contributed by atoms with Gasteiger partial charge in [0, 0.05) is 60.1 Å². The molecule has 0 unspecified atom stereocenters. The van der Waals surface area contributed by atoms with Crippen molar-refractivity contribution in [2.75, 3.05) is 45.0 Å². The van der Waals surface area contributed by atoms with Crippen LogP contribution in [0.2, 0.25) is 0 Å². The van der Waals surface area contributed by atoms with E-state index < -0.39 is 52.5 Å². The van der Waals surface area contributed by atoms with E-state index in [9.17, 15) is 20.4 Å². The van der Waals surface area contributed by atoms with Gasteiger partial charge in [-0.15, -0.1) is 0 Å². The zero-order chi connectivity index (χ0) is 30.5. The number of nitriles is 2. The molecule has 2 saturated heterocycles. The first-order valence-electron chi connectivity index (χ1n) is 13.5. The lowest BCUT2D eigenvalue weighted by Crippen LogP contribution is -2.40. The van der Waals surface area contributed by atoms with Crippen molar-refractivity contribution < 1.29 is 37.0 Å². The van der Waals surface area contributed by atoms with Crippen LogP contribution in [0.25, 0.3) is 33.4 Å². The fraction of sp³-hybridized carbons (Fsp3) is 0.290. The molecule has 43 heavy (non-hydrogen) atoms. The molecule has 9 nitrogen and oxygen atoms in total. The maximum atomic E-state index is 16.8. The van der Waals surface area contributed by atoms with Crippen molar-refractivity contribution >= 4 is 22.6 Å². The maximum absolute atomic E-state index is 16.8. The second kappa shape index (κ2) is 10.7. The topological polar surface area (TPSA) is 123 Å². The maximum Gasteiger partial charge on any atom is 0.339 e. The van der Waals surface area contributed by atoms with E-state index in [0.29, 0.717) is 0 Å². The second-order valence-electron chi connectivity index (χ2n) is 10.3. The van der Waals surface area contributed by atoms with E-state index in [4.69, 9.17) is 13.9 Å². The summed E-state index contributed by atoms with van der Waals surface area (Å²) in [5, 5.41) is 30.8. The predicted octanol–water partition coefficient (Wildman–Crippen LogP) is 4.57. The Bertz CT molecular complexity index is 1920. The third-order valence-electron chi connectivity index (χ3n) is 7.98. The number of carboxylic acids is 1. The SMILES string of the molecule is COCOC(C#N)(C#N)c1c(F)c(F)c(C(=O)O)c(-c2c3ccc(=[N+]4CCC4)cc-3oc3cc(N4CCC4)ccc23)c1F. The van der Waals surface area contributed by atoms with Gasteiger partial charge in [0.05, 0.1) is 18.1 Å². The molecule has 0 atom stereocenters. The van der Waals surface area contributed by atoms with Crippen LogP contribution in [0.15, 0.2) is 40.8 Å². The monoisotopic (exact) mass is 589 g/mol. The molecular formula is C31H24F3N4O5+. The van der Waals surface area contributed by atoms with E-state index in [1.54, 1.807) is 36.4 Å². The van der Waals surface area contributed by atoms with E-state index in [0.717, 1.165) is 57.2 Å². The summed E-state index contributed by atoms with van der Waals surface area (Å²) in [5.74, 6) is -7.33. The van der Waals surface area contributed by atoms with Crippen LogP contribution < -0.4 is 14.8 Å². The van der Waals surface area contributed by atoms with Crippen molar-refractivity contribution in [1.82, 2.24) is 4.58 Å². The highest BCUT2D eigenvalue weighted by atomic mass is 19.2. The lowest BCUT2D eigenvalue weighted by molar-refractivity contribution is -0.0860. The molecule has 12 heteroatoms. The molecule has 0 saturated carbocycles. The number of halogens is 3. The summed E-state index contributed by atoms with van der Waals surface area (Å²) in [7, 11) is 1.15. The summed E-state index contributed by atoms with van der Waals surface area (Å²) in [5.41, 5.74) is -5.37. The highest BCUT2D eigenvalue weighted by molar-refractivity contribution is 6.08. The Kier molecular flexibility index (Phi) is 7.04. The summed E-state index contributed by atoms with van der Waals surface area (Å²) in [6.45, 7) is 2.54. The fourth-order valence-corrected chi connectivity index (χ4v) is 5.50. The number of anilines is 1. The van der Waals surface area contributed by atoms with Crippen LogP contribution in [0.5, 0.6) is 0 Å². The summed E-state index contributed by atoms with van der Waals surface area (Å²) >= 11 is 0. The van der Waals surface area contributed by atoms with Crippen molar-refractivity contribution in [2.45, 2.75) is 18.4 Å². The van der Waals surface area contributed by atoms with Crippen molar-refractivity contribution in [3.63, 3.8) is 0 Å². The molecule has 2 fully saturated rings. The molecule has 1 N–H and O–H groups in total. The molecule has 0 aromatic heterocycles. The quantitative estimate of drug-likeness (QED) is 0.144. The first-order valence-corrected chi connectivity index (χ1v) is 13.5. The molecule has 3 aliphatic heterocycles. The zero-order valence-corrected chi connectivity index (χ0v) is 22.9. The van der Waals surface area contributed by atoms with Crippen molar-refractivity contribution in [3.05, 3.63) is 70.3 Å². The summed E-state index contributed by atoms with van der Waals surface area (Å²) in [6, 6.07) is 12.9. The van der Waals surface area contributed by atoms with Crippen molar-refractivity contribution in [3.8, 4) is 34.6 Å². The number of hydrogen-bond donors (Lipinski definition) is 1. The molecule has 3 heterocycles. The molecule has 4 aliphatic rings. The predicted molar refractivity (Wildman–Crippen MR) is 147 cm³/mol. The minimum Gasteiger partial charge on any atom is -0.478 e. The Morgan fingerprint density at radius 2 is 1.79 bits per heavy atom. The van der Waals surface area contributed by atoms with Crippen LogP contribution in [-0.2, 0) is 15.1 Å². The lowest BCUT2D eigenvalue weighted by atomic mass is 9.85. The second-order valence-corrected chi connectivity index (χ2v) is 10.3. The van der Waals surface area contributed by atoms with Crippen molar-refractivity contribution in [1.29, 1.82) is 10.5 Å². The lowest BCUT2D eigenvalue weighted by Gasteiger charge is -2.33. The number of aromatic carboxylic acids is 1. The van der Waals surface area contributed by atoms with E-state index >= 15 is 13.2 Å². The first-order chi connectivity index (χ1) is 20.7. The van der Waals surface area contributed by atoms with Crippen LogP contribution in [0, 0.1) is 40.1 Å². The molecule has 218 valence electrons. The Hall–Kier alpha value is -4.91. The van der Waals surface area contributed by atoms with Gasteiger partial charge < -0.3 is 23.9 Å². The normalized spacial score (nSPS) is 14.7. The minimum atomic E-state index is -3.00. The zero-order valence-electron chi connectivity index (χ0n) is 22.9. The standard InChI is InChI=1S/C31H23F3N4O5/c1-41-16-42-31(14-35,15-36)26-27(32)24(25(30(39)40)28(33)29(26)34)23-19-6-4-17(37-8-2-9-37)12-21(19)43-22-13-18(5-7-20(22)23)38-10-3-11-38/h4-7,12-13H,2-3,8-11,16H2,1H3/p+1. The van der Waals surface area contributed by atoms with E-state index in [2.05, 4.69) is 9.48 Å². The first kappa shape index (κ1) is 28.2. The summed E-state index contributed by atoms with van der Waals surface area (Å²) in [6.07, 6.45) is 2.01. The fourth-order valence-electron chi connectivity index (χ4n) is 5.50. The van der Waals surface area contributed by atoms with Gasteiger partial charge in [-0.25, -0.2) is 22.5 Å². The van der Waals surface area contributed by atoms with Crippen LogP contribution in [-0.4, -0.2) is 51.2 Å². The van der Waals surface area contributed by atoms with Gasteiger partial charge in [-0.2, -0.15) is 10.5 Å². The number of methoxy groups -OCH3 is 1. The molecule has 2 aromatic rings. The average Bonchev–Trinajstić information content (AvgIpc) is 2.93. The van der Waals surface area contributed by atoms with Crippen LogP contribution in [0.4, 0.5) is 18.9 Å². The summed E-state index contributed by atoms with van der Waals surface area (Å²) in [4.78, 5) is 14.5. The van der Waals surface area contributed by atoms with Crippen molar-refractivity contribution in [2.24, 2.45) is 0 Å². The molecule has 2 aromatic carbocycles. The molecule has 6 rings (SSSR count). The Balaban J connectivity index is 1.76. The Labute approximate surface area is 243 Å². The molecule has 1 aliphatic carbocycles. The van der Waals surface area contributed by atoms with E-state index in [1.165, 1.54) is 12.1 Å². The average molecular weight is 590 g/mol. The number of carbonyl (C=O) groups is 1.